The smallest absolute Gasteiger partial charge is 0.251 e. The molecule has 2 N–H and O–H groups in total. The number of amides is 1. The highest BCUT2D eigenvalue weighted by atomic mass is 32.1. The van der Waals surface area contributed by atoms with Gasteiger partial charge in [0.25, 0.3) is 5.91 Å². The highest BCUT2D eigenvalue weighted by Gasteiger charge is 2.26. The molecule has 0 spiro atoms. The quantitative estimate of drug-likeness (QED) is 0.539. The average molecular weight is 397 g/mol. The number of nitrogens with two attached hydrogens (primary N) is 1. The maximum absolute atomic E-state index is 12.5. The number of unbranched alkanes of at least 4 members (excludes halogenated alkanes) is 1. The molecular weight excluding hydrogens is 368 g/mol. The number of aromatic nitrogens is 1. The van der Waals surface area contributed by atoms with Crippen LogP contribution in [0.1, 0.15) is 46.4 Å². The monoisotopic (exact) mass is 396 g/mol. The molecule has 1 amide bonds. The summed E-state index contributed by atoms with van der Waals surface area (Å²) in [6.45, 7) is 5.02. The van der Waals surface area contributed by atoms with Gasteiger partial charge in [0.2, 0.25) is 0 Å². The predicted molar refractivity (Wildman–Crippen MR) is 116 cm³/mol. The van der Waals surface area contributed by atoms with Gasteiger partial charge < -0.3 is 15.0 Å². The minimum atomic E-state index is -0.383. The van der Waals surface area contributed by atoms with Gasteiger partial charge in [0, 0.05) is 33.9 Å². The van der Waals surface area contributed by atoms with Crippen LogP contribution in [-0.2, 0) is 19.4 Å². The number of carbonyl (C=O) groups excluding carboxylic acids is 1. The van der Waals surface area contributed by atoms with Gasteiger partial charge in [0.15, 0.2) is 0 Å². The van der Waals surface area contributed by atoms with Crippen LogP contribution in [0.25, 0.3) is 11.1 Å². The van der Waals surface area contributed by atoms with Crippen molar-refractivity contribution in [2.75, 3.05) is 7.11 Å². The first kappa shape index (κ1) is 20.2. The lowest BCUT2D eigenvalue weighted by atomic mass is 9.97. The summed E-state index contributed by atoms with van der Waals surface area (Å²) in [7, 11) is 1.66. The van der Waals surface area contributed by atoms with Crippen molar-refractivity contribution < 1.29 is 9.53 Å². The normalized spacial score (nSPS) is 11.0. The topological polar surface area (TPSA) is 57.2 Å². The Morgan fingerprint density at radius 2 is 1.96 bits per heavy atom. The standard InChI is InChI=1S/C23H28N2O2S/c1-4-5-11-19-22(18-10-6-7-12-20(18)27-3)21(23(24)26)16(2)25(19)14-13-17-9-8-15-28-17/h6-10,12,15H,4-5,11,13-14H2,1-3H3,(H2,24,26). The van der Waals surface area contributed by atoms with Crippen LogP contribution in [0.4, 0.5) is 0 Å². The maximum Gasteiger partial charge on any atom is 0.251 e. The van der Waals surface area contributed by atoms with E-state index in [1.807, 2.05) is 31.2 Å². The molecule has 0 fully saturated rings. The van der Waals surface area contributed by atoms with Crippen molar-refractivity contribution in [1.29, 1.82) is 0 Å². The van der Waals surface area contributed by atoms with Crippen LogP contribution >= 0.6 is 11.3 Å². The van der Waals surface area contributed by atoms with Gasteiger partial charge in [-0.2, -0.15) is 0 Å². The van der Waals surface area contributed by atoms with Gasteiger partial charge in [0.05, 0.1) is 12.7 Å². The molecule has 2 aromatic heterocycles. The molecule has 0 radical (unpaired) electrons. The SMILES string of the molecule is CCCCc1c(-c2ccccc2OC)c(C(N)=O)c(C)n1CCc1cccs1. The van der Waals surface area contributed by atoms with Crippen molar-refractivity contribution in [3.05, 3.63) is 63.6 Å². The van der Waals surface area contributed by atoms with Gasteiger partial charge in [-0.05, 0) is 43.7 Å². The van der Waals surface area contributed by atoms with Crippen molar-refractivity contribution in [2.24, 2.45) is 5.73 Å². The zero-order valence-corrected chi connectivity index (χ0v) is 17.6. The summed E-state index contributed by atoms with van der Waals surface area (Å²) in [4.78, 5) is 13.8. The minimum Gasteiger partial charge on any atom is -0.496 e. The van der Waals surface area contributed by atoms with E-state index in [1.165, 1.54) is 10.6 Å². The fourth-order valence-corrected chi connectivity index (χ4v) is 4.52. The third kappa shape index (κ3) is 3.99. The minimum absolute atomic E-state index is 0.383. The number of hydrogen-bond acceptors (Lipinski definition) is 3. The number of nitrogens with zero attached hydrogens (tertiary/aromatic N) is 1. The maximum atomic E-state index is 12.5. The molecule has 0 aliphatic heterocycles. The summed E-state index contributed by atoms with van der Waals surface area (Å²) in [5.41, 5.74) is 10.4. The Balaban J connectivity index is 2.17. The molecule has 0 aliphatic rings. The number of para-hydroxylation sites is 1. The number of carbonyl (C=O) groups is 1. The Morgan fingerprint density at radius 1 is 1.18 bits per heavy atom. The summed E-state index contributed by atoms with van der Waals surface area (Å²) in [5.74, 6) is 0.379. The highest BCUT2D eigenvalue weighted by molar-refractivity contribution is 7.09. The lowest BCUT2D eigenvalue weighted by molar-refractivity contribution is 0.1000. The van der Waals surface area contributed by atoms with Gasteiger partial charge in [-0.3, -0.25) is 4.79 Å². The Bertz CT molecular complexity index is 942. The number of rotatable bonds is 9. The Morgan fingerprint density at radius 3 is 2.61 bits per heavy atom. The van der Waals surface area contributed by atoms with Crippen molar-refractivity contribution in [2.45, 2.75) is 46.1 Å². The van der Waals surface area contributed by atoms with Gasteiger partial charge in [-0.25, -0.2) is 0 Å². The lowest BCUT2D eigenvalue weighted by Gasteiger charge is -2.14. The summed E-state index contributed by atoms with van der Waals surface area (Å²) in [5, 5.41) is 2.10. The van der Waals surface area contributed by atoms with E-state index in [0.717, 1.165) is 54.8 Å². The number of hydrogen-bond donors (Lipinski definition) is 1. The molecule has 3 aromatic rings. The molecule has 0 saturated carbocycles. The molecule has 0 saturated heterocycles. The molecule has 0 unspecified atom stereocenters. The van der Waals surface area contributed by atoms with Crippen LogP contribution < -0.4 is 10.5 Å². The first-order valence-corrected chi connectivity index (χ1v) is 10.6. The lowest BCUT2D eigenvalue weighted by Crippen LogP contribution is -2.14. The fraction of sp³-hybridized carbons (Fsp3) is 0.348. The number of aryl methyl sites for hydroxylation is 1. The molecule has 28 heavy (non-hydrogen) atoms. The van der Waals surface area contributed by atoms with Crippen LogP contribution in [0.15, 0.2) is 41.8 Å². The van der Waals surface area contributed by atoms with Crippen LogP contribution in [0.2, 0.25) is 0 Å². The van der Waals surface area contributed by atoms with E-state index >= 15 is 0 Å². The van der Waals surface area contributed by atoms with Crippen LogP contribution in [0.3, 0.4) is 0 Å². The molecular formula is C23H28N2O2S. The van der Waals surface area contributed by atoms with Crippen molar-refractivity contribution >= 4 is 17.2 Å². The highest BCUT2D eigenvalue weighted by Crippen LogP contribution is 2.39. The molecule has 0 bridgehead atoms. The molecule has 5 heteroatoms. The fourth-order valence-electron chi connectivity index (χ4n) is 3.82. The first-order chi connectivity index (χ1) is 13.6. The van der Waals surface area contributed by atoms with Crippen LogP contribution in [0, 0.1) is 6.92 Å². The molecule has 4 nitrogen and oxygen atoms in total. The van der Waals surface area contributed by atoms with Crippen LogP contribution in [-0.4, -0.2) is 17.6 Å². The Labute approximate surface area is 171 Å². The second-order valence-electron chi connectivity index (χ2n) is 6.93. The largest absolute Gasteiger partial charge is 0.496 e. The third-order valence-electron chi connectivity index (χ3n) is 5.18. The van der Waals surface area contributed by atoms with E-state index in [1.54, 1.807) is 18.4 Å². The van der Waals surface area contributed by atoms with Crippen molar-refractivity contribution in [3.8, 4) is 16.9 Å². The average Bonchev–Trinajstić information content (AvgIpc) is 3.30. The zero-order chi connectivity index (χ0) is 20.1. The van der Waals surface area contributed by atoms with E-state index in [2.05, 4.69) is 29.0 Å². The van der Waals surface area contributed by atoms with Gasteiger partial charge in [-0.1, -0.05) is 37.6 Å². The zero-order valence-electron chi connectivity index (χ0n) is 16.8. The van der Waals surface area contributed by atoms with E-state index in [-0.39, 0.29) is 5.91 Å². The summed E-state index contributed by atoms with van der Waals surface area (Å²) < 4.78 is 7.89. The first-order valence-electron chi connectivity index (χ1n) is 9.76. The van der Waals surface area contributed by atoms with E-state index < -0.39 is 0 Å². The third-order valence-corrected chi connectivity index (χ3v) is 6.12. The van der Waals surface area contributed by atoms with Gasteiger partial charge in [0.1, 0.15) is 5.75 Å². The Hall–Kier alpha value is -2.53. The number of thiophene rings is 1. The second-order valence-corrected chi connectivity index (χ2v) is 7.96. The molecule has 0 atom stereocenters. The van der Waals surface area contributed by atoms with Crippen LogP contribution in [0.5, 0.6) is 5.75 Å². The van der Waals surface area contributed by atoms with Gasteiger partial charge in [-0.15, -0.1) is 11.3 Å². The molecule has 3 rings (SSSR count). The van der Waals surface area contributed by atoms with Gasteiger partial charge >= 0.3 is 0 Å². The van der Waals surface area contributed by atoms with Crippen molar-refractivity contribution in [3.63, 3.8) is 0 Å². The van der Waals surface area contributed by atoms with E-state index in [0.29, 0.717) is 5.56 Å². The predicted octanol–water partition coefficient (Wildman–Crippen LogP) is 5.22. The molecule has 1 aromatic carbocycles. The molecule has 2 heterocycles. The molecule has 148 valence electrons. The summed E-state index contributed by atoms with van der Waals surface area (Å²) >= 11 is 1.77. The number of benzene rings is 1. The van der Waals surface area contributed by atoms with E-state index in [4.69, 9.17) is 10.5 Å². The second kappa shape index (κ2) is 9.11. The number of methoxy groups -OCH3 is 1. The van der Waals surface area contributed by atoms with Crippen molar-refractivity contribution in [1.82, 2.24) is 4.57 Å². The Kier molecular flexibility index (Phi) is 6.57. The van der Waals surface area contributed by atoms with E-state index in [9.17, 15) is 4.79 Å². The number of primary amides is 1. The molecule has 0 aliphatic carbocycles. The summed E-state index contributed by atoms with van der Waals surface area (Å²) in [6, 6.07) is 12.1. The summed E-state index contributed by atoms with van der Waals surface area (Å²) in [6.07, 6.45) is 3.99. The number of ether oxygens (including phenoxy) is 1.